The summed E-state index contributed by atoms with van der Waals surface area (Å²) in [6.07, 6.45) is 15.0. The first kappa shape index (κ1) is 24.1. The van der Waals surface area contributed by atoms with Gasteiger partial charge in [-0.25, -0.2) is 0 Å². The molecule has 0 aliphatic heterocycles. The number of hydrogen-bond donors (Lipinski definition) is 1. The van der Waals surface area contributed by atoms with Gasteiger partial charge in [0.05, 0.1) is 6.10 Å². The molecule has 0 saturated heterocycles. The van der Waals surface area contributed by atoms with Crippen LogP contribution in [0.4, 0.5) is 0 Å². The van der Waals surface area contributed by atoms with E-state index in [9.17, 15) is 5.11 Å². The highest BCUT2D eigenvalue weighted by Gasteiger charge is 2.67. The Bertz CT molecular complexity index is 651. The molecule has 180 valence electrons. The van der Waals surface area contributed by atoms with E-state index in [4.69, 9.17) is 0 Å². The molecule has 0 radical (unpaired) electrons. The van der Waals surface area contributed by atoms with Gasteiger partial charge < -0.3 is 5.11 Å². The molecular formula is C30H54O. The molecule has 1 nitrogen and oxygen atoms in total. The monoisotopic (exact) mass is 430 g/mol. The van der Waals surface area contributed by atoms with Crippen molar-refractivity contribution >= 4 is 0 Å². The molecule has 4 aliphatic carbocycles. The van der Waals surface area contributed by atoms with Crippen molar-refractivity contribution in [1.29, 1.82) is 0 Å². The summed E-state index contributed by atoms with van der Waals surface area (Å²) in [5.41, 5.74) is 1.60. The van der Waals surface area contributed by atoms with Crippen LogP contribution in [-0.4, -0.2) is 11.2 Å². The Kier molecular flexibility index (Phi) is 6.24. The van der Waals surface area contributed by atoms with Gasteiger partial charge in [-0.1, -0.05) is 74.7 Å². The van der Waals surface area contributed by atoms with E-state index in [1.165, 1.54) is 64.2 Å². The van der Waals surface area contributed by atoms with E-state index in [0.717, 1.165) is 36.0 Å². The standard InChI is InChI=1S/C30H54O/c1-20(2)10-9-11-21(3)22-14-18-30(8)24-12-13-25-27(4,5)26(31)16-17-28(25,6)23(24)15-19-29(22,30)7/h20-26,31H,9-19H2,1-8H3/t21?,22-,23?,24?,25+,26+,28-,29-,30+/m1/s1. The summed E-state index contributed by atoms with van der Waals surface area (Å²) in [6.45, 7) is 20.2. The minimum atomic E-state index is -0.103. The lowest BCUT2D eigenvalue weighted by Crippen LogP contribution is -2.61. The Hall–Kier alpha value is -0.0400. The first-order chi connectivity index (χ1) is 14.4. The summed E-state index contributed by atoms with van der Waals surface area (Å²) < 4.78 is 0. The molecule has 3 unspecified atom stereocenters. The van der Waals surface area contributed by atoms with Gasteiger partial charge in [-0.2, -0.15) is 0 Å². The van der Waals surface area contributed by atoms with Crippen LogP contribution >= 0.6 is 0 Å². The van der Waals surface area contributed by atoms with Gasteiger partial charge in [0.2, 0.25) is 0 Å². The minimum Gasteiger partial charge on any atom is -0.393 e. The average Bonchev–Trinajstić information content (AvgIpc) is 2.96. The predicted molar refractivity (Wildman–Crippen MR) is 133 cm³/mol. The van der Waals surface area contributed by atoms with Gasteiger partial charge in [-0.05, 0) is 109 Å². The van der Waals surface area contributed by atoms with Crippen molar-refractivity contribution in [2.75, 3.05) is 0 Å². The van der Waals surface area contributed by atoms with Crippen LogP contribution < -0.4 is 0 Å². The maximum absolute atomic E-state index is 10.8. The molecule has 0 aromatic heterocycles. The summed E-state index contributed by atoms with van der Waals surface area (Å²) >= 11 is 0. The van der Waals surface area contributed by atoms with E-state index in [2.05, 4.69) is 55.4 Å². The maximum atomic E-state index is 10.8. The Morgan fingerprint density at radius 3 is 2.10 bits per heavy atom. The summed E-state index contributed by atoms with van der Waals surface area (Å²) in [6, 6.07) is 0. The van der Waals surface area contributed by atoms with Crippen molar-refractivity contribution in [2.45, 2.75) is 132 Å². The first-order valence-corrected chi connectivity index (χ1v) is 14.1. The van der Waals surface area contributed by atoms with Gasteiger partial charge in [-0.3, -0.25) is 0 Å². The second kappa shape index (κ2) is 8.02. The average molecular weight is 431 g/mol. The fourth-order valence-corrected chi connectivity index (χ4v) is 10.5. The van der Waals surface area contributed by atoms with Crippen LogP contribution in [0.1, 0.15) is 126 Å². The molecule has 0 aromatic rings. The second-order valence-electron chi connectivity index (χ2n) is 14.5. The quantitative estimate of drug-likeness (QED) is 0.463. The van der Waals surface area contributed by atoms with Gasteiger partial charge in [0.25, 0.3) is 0 Å². The van der Waals surface area contributed by atoms with E-state index >= 15 is 0 Å². The SMILES string of the molecule is CC(C)CCCC(C)[C@H]1CC[C@@]2(C)C3CC[C@H]4C(C)(C)[C@@H](O)CC[C@]4(C)C3CC[C@]12C. The Balaban J connectivity index is 1.56. The number of aliphatic hydroxyl groups is 1. The van der Waals surface area contributed by atoms with Crippen LogP contribution in [0, 0.1) is 57.2 Å². The summed E-state index contributed by atoms with van der Waals surface area (Å²) in [4.78, 5) is 0. The fourth-order valence-electron chi connectivity index (χ4n) is 10.5. The van der Waals surface area contributed by atoms with E-state index in [-0.39, 0.29) is 11.5 Å². The fraction of sp³-hybridized carbons (Fsp3) is 1.00. The topological polar surface area (TPSA) is 20.2 Å². The lowest BCUT2D eigenvalue weighted by molar-refractivity contribution is -0.200. The van der Waals surface area contributed by atoms with Crippen molar-refractivity contribution < 1.29 is 5.11 Å². The Morgan fingerprint density at radius 1 is 0.742 bits per heavy atom. The zero-order valence-electron chi connectivity index (χ0n) is 22.3. The molecule has 4 rings (SSSR count). The van der Waals surface area contributed by atoms with Crippen LogP contribution in [0.5, 0.6) is 0 Å². The highest BCUT2D eigenvalue weighted by Crippen LogP contribution is 2.74. The summed E-state index contributed by atoms with van der Waals surface area (Å²) in [5, 5.41) is 10.8. The zero-order chi connectivity index (χ0) is 22.8. The molecule has 9 atom stereocenters. The summed E-state index contributed by atoms with van der Waals surface area (Å²) in [5.74, 6) is 5.16. The van der Waals surface area contributed by atoms with Crippen molar-refractivity contribution in [3.8, 4) is 0 Å². The highest BCUT2D eigenvalue weighted by molar-refractivity contribution is 5.16. The maximum Gasteiger partial charge on any atom is 0.0594 e. The molecule has 0 aromatic carbocycles. The number of fused-ring (bicyclic) bond motifs is 5. The molecule has 4 saturated carbocycles. The predicted octanol–water partition coefficient (Wildman–Crippen LogP) is 8.49. The van der Waals surface area contributed by atoms with Crippen LogP contribution in [0.25, 0.3) is 0 Å². The molecule has 1 heteroatoms. The smallest absolute Gasteiger partial charge is 0.0594 e. The van der Waals surface area contributed by atoms with Gasteiger partial charge in [0, 0.05) is 0 Å². The second-order valence-corrected chi connectivity index (χ2v) is 14.5. The lowest BCUT2D eigenvalue weighted by Gasteiger charge is -2.67. The lowest BCUT2D eigenvalue weighted by atomic mass is 9.38. The van der Waals surface area contributed by atoms with Crippen molar-refractivity contribution in [2.24, 2.45) is 57.2 Å². The number of rotatable bonds is 5. The van der Waals surface area contributed by atoms with Crippen LogP contribution in [0.2, 0.25) is 0 Å². The third-order valence-corrected chi connectivity index (χ3v) is 12.6. The highest BCUT2D eigenvalue weighted by atomic mass is 16.3. The van der Waals surface area contributed by atoms with E-state index in [0.29, 0.717) is 22.2 Å². The third-order valence-electron chi connectivity index (χ3n) is 12.6. The summed E-state index contributed by atoms with van der Waals surface area (Å²) in [7, 11) is 0. The van der Waals surface area contributed by atoms with Crippen molar-refractivity contribution in [1.82, 2.24) is 0 Å². The van der Waals surface area contributed by atoms with Gasteiger partial charge in [-0.15, -0.1) is 0 Å². The molecule has 0 heterocycles. The minimum absolute atomic E-state index is 0.0861. The van der Waals surface area contributed by atoms with Crippen molar-refractivity contribution in [3.05, 3.63) is 0 Å². The molecule has 4 fully saturated rings. The van der Waals surface area contributed by atoms with Crippen LogP contribution in [0.15, 0.2) is 0 Å². The molecule has 31 heavy (non-hydrogen) atoms. The zero-order valence-corrected chi connectivity index (χ0v) is 22.3. The molecule has 1 N–H and O–H groups in total. The Labute approximate surface area is 194 Å². The molecule has 4 aliphatic rings. The molecular weight excluding hydrogens is 376 g/mol. The van der Waals surface area contributed by atoms with E-state index in [1.807, 2.05) is 0 Å². The van der Waals surface area contributed by atoms with Gasteiger partial charge in [0.1, 0.15) is 0 Å². The van der Waals surface area contributed by atoms with Gasteiger partial charge >= 0.3 is 0 Å². The first-order valence-electron chi connectivity index (χ1n) is 14.1. The van der Waals surface area contributed by atoms with Gasteiger partial charge in [0.15, 0.2) is 0 Å². The van der Waals surface area contributed by atoms with E-state index < -0.39 is 0 Å². The Morgan fingerprint density at radius 2 is 1.42 bits per heavy atom. The van der Waals surface area contributed by atoms with Crippen LogP contribution in [-0.2, 0) is 0 Å². The van der Waals surface area contributed by atoms with Crippen molar-refractivity contribution in [3.63, 3.8) is 0 Å². The molecule has 0 amide bonds. The third kappa shape index (κ3) is 3.49. The molecule has 0 bridgehead atoms. The largest absolute Gasteiger partial charge is 0.393 e. The van der Waals surface area contributed by atoms with E-state index in [1.54, 1.807) is 0 Å². The number of aliphatic hydroxyl groups excluding tert-OH is 1. The molecule has 0 spiro atoms. The normalized spacial score (nSPS) is 49.9. The van der Waals surface area contributed by atoms with Crippen LogP contribution in [0.3, 0.4) is 0 Å². The number of hydrogen-bond acceptors (Lipinski definition) is 1.